The summed E-state index contributed by atoms with van der Waals surface area (Å²) >= 11 is 1.35. The Balaban J connectivity index is 2.05. The molecule has 6 heteroatoms. The smallest absolute Gasteiger partial charge is 0.329 e. The van der Waals surface area contributed by atoms with Gasteiger partial charge in [0.05, 0.1) is 11.6 Å². The fourth-order valence-electron chi connectivity index (χ4n) is 2.57. The van der Waals surface area contributed by atoms with Gasteiger partial charge in [0.1, 0.15) is 0 Å². The van der Waals surface area contributed by atoms with Crippen LogP contribution in [0.25, 0.3) is 0 Å². The van der Waals surface area contributed by atoms with Crippen LogP contribution in [0.2, 0.25) is 0 Å². The second-order valence-electron chi connectivity index (χ2n) is 5.97. The number of hydrogen-bond donors (Lipinski definition) is 2. The number of hydrogen-bond acceptors (Lipinski definition) is 4. The predicted octanol–water partition coefficient (Wildman–Crippen LogP) is 2.94. The first-order chi connectivity index (χ1) is 11.9. The molecule has 0 aliphatic carbocycles. The van der Waals surface area contributed by atoms with Gasteiger partial charge in [0, 0.05) is 16.6 Å². The molecule has 3 rings (SSSR count). The van der Waals surface area contributed by atoms with Crippen LogP contribution in [0.4, 0.5) is 5.69 Å². The second kappa shape index (κ2) is 7.03. The summed E-state index contributed by atoms with van der Waals surface area (Å²) in [6, 6.07) is 14.9. The monoisotopic (exact) mass is 353 g/mol. The number of benzene rings is 2. The first-order valence-corrected chi connectivity index (χ1v) is 8.68. The molecule has 0 spiro atoms. The summed E-state index contributed by atoms with van der Waals surface area (Å²) in [5, 5.41) is 0.584. The molecule has 0 aliphatic rings. The van der Waals surface area contributed by atoms with Crippen molar-refractivity contribution in [3.63, 3.8) is 0 Å². The van der Waals surface area contributed by atoms with E-state index in [9.17, 15) is 9.59 Å². The van der Waals surface area contributed by atoms with Crippen LogP contribution < -0.4 is 17.0 Å². The number of H-pyrrole nitrogens is 1. The van der Waals surface area contributed by atoms with Crippen LogP contribution in [0.5, 0.6) is 0 Å². The van der Waals surface area contributed by atoms with Gasteiger partial charge in [-0.25, -0.2) is 4.79 Å². The van der Waals surface area contributed by atoms with Crippen LogP contribution in [0.3, 0.4) is 0 Å². The average Bonchev–Trinajstić information content (AvgIpc) is 2.54. The standard InChI is InChI=1S/C19H19N3O2S/c1-12-6-7-13(2)14(8-12)11-22-18(10-17(23)21-19(22)24)25-16-5-3-4-15(20)9-16/h3-10H,11,20H2,1-2H3,(H,21,23,24). The Labute approximate surface area is 149 Å². The van der Waals surface area contributed by atoms with Crippen molar-refractivity contribution >= 4 is 17.4 Å². The third kappa shape index (κ3) is 4.03. The van der Waals surface area contributed by atoms with Gasteiger partial charge in [-0.15, -0.1) is 0 Å². The SMILES string of the molecule is Cc1ccc(C)c(Cn2c(Sc3cccc(N)c3)cc(=O)[nH]c2=O)c1. The first-order valence-electron chi connectivity index (χ1n) is 7.86. The number of nitrogens with two attached hydrogens (primary N) is 1. The number of anilines is 1. The fraction of sp³-hybridized carbons (Fsp3) is 0.158. The van der Waals surface area contributed by atoms with Crippen LogP contribution in [0, 0.1) is 13.8 Å². The molecule has 1 aromatic heterocycles. The van der Waals surface area contributed by atoms with Gasteiger partial charge < -0.3 is 5.73 Å². The van der Waals surface area contributed by atoms with E-state index in [0.717, 1.165) is 21.6 Å². The number of aryl methyl sites for hydroxylation is 2. The predicted molar refractivity (Wildman–Crippen MR) is 101 cm³/mol. The molecule has 0 radical (unpaired) electrons. The summed E-state index contributed by atoms with van der Waals surface area (Å²) < 4.78 is 1.58. The Morgan fingerprint density at radius 1 is 1.08 bits per heavy atom. The Hall–Kier alpha value is -2.73. The third-order valence-corrected chi connectivity index (χ3v) is 4.95. The van der Waals surface area contributed by atoms with Crippen LogP contribution >= 0.6 is 11.8 Å². The lowest BCUT2D eigenvalue weighted by Gasteiger charge is -2.14. The highest BCUT2D eigenvalue weighted by atomic mass is 32.2. The lowest BCUT2D eigenvalue weighted by atomic mass is 10.1. The number of aromatic nitrogens is 2. The molecule has 0 amide bonds. The van der Waals surface area contributed by atoms with E-state index in [2.05, 4.69) is 11.1 Å². The van der Waals surface area contributed by atoms with Crippen molar-refractivity contribution in [2.24, 2.45) is 0 Å². The van der Waals surface area contributed by atoms with E-state index in [4.69, 9.17) is 5.73 Å². The third-order valence-electron chi connectivity index (χ3n) is 3.91. The van der Waals surface area contributed by atoms with Crippen molar-refractivity contribution in [1.82, 2.24) is 9.55 Å². The average molecular weight is 353 g/mol. The van der Waals surface area contributed by atoms with E-state index in [1.807, 2.05) is 44.2 Å². The second-order valence-corrected chi connectivity index (χ2v) is 7.06. The van der Waals surface area contributed by atoms with E-state index >= 15 is 0 Å². The molecular weight excluding hydrogens is 334 g/mol. The quantitative estimate of drug-likeness (QED) is 0.558. The lowest BCUT2D eigenvalue weighted by Crippen LogP contribution is -2.31. The zero-order valence-electron chi connectivity index (χ0n) is 14.1. The Kier molecular flexibility index (Phi) is 4.81. The minimum Gasteiger partial charge on any atom is -0.399 e. The summed E-state index contributed by atoms with van der Waals surface area (Å²) in [6.07, 6.45) is 0. The molecule has 128 valence electrons. The maximum atomic E-state index is 12.4. The molecule has 3 N–H and O–H groups in total. The van der Waals surface area contributed by atoms with Crippen LogP contribution in [0.15, 0.2) is 68.0 Å². The number of nitrogen functional groups attached to an aromatic ring is 1. The van der Waals surface area contributed by atoms with Crippen molar-refractivity contribution in [1.29, 1.82) is 0 Å². The van der Waals surface area contributed by atoms with Gasteiger partial charge in [-0.2, -0.15) is 0 Å². The molecule has 25 heavy (non-hydrogen) atoms. The molecule has 5 nitrogen and oxygen atoms in total. The van der Waals surface area contributed by atoms with Crippen LogP contribution in [0.1, 0.15) is 16.7 Å². The molecule has 2 aromatic carbocycles. The van der Waals surface area contributed by atoms with Gasteiger partial charge in [-0.05, 0) is 43.2 Å². The molecule has 0 fully saturated rings. The van der Waals surface area contributed by atoms with E-state index in [1.54, 1.807) is 10.6 Å². The van der Waals surface area contributed by atoms with E-state index < -0.39 is 11.2 Å². The molecule has 3 aromatic rings. The summed E-state index contributed by atoms with van der Waals surface area (Å²) in [5.41, 5.74) is 8.91. The highest BCUT2D eigenvalue weighted by molar-refractivity contribution is 7.99. The molecule has 0 atom stereocenters. The zero-order valence-corrected chi connectivity index (χ0v) is 14.9. The summed E-state index contributed by atoms with van der Waals surface area (Å²) in [5.74, 6) is 0. The maximum Gasteiger partial charge on any atom is 0.329 e. The molecule has 0 unspecified atom stereocenters. The van der Waals surface area contributed by atoms with Gasteiger partial charge in [0.2, 0.25) is 0 Å². The molecule has 0 saturated carbocycles. The van der Waals surface area contributed by atoms with Gasteiger partial charge in [0.15, 0.2) is 0 Å². The fourth-order valence-corrected chi connectivity index (χ4v) is 3.58. The highest BCUT2D eigenvalue weighted by Crippen LogP contribution is 2.27. The van der Waals surface area contributed by atoms with Gasteiger partial charge in [-0.3, -0.25) is 14.3 Å². The van der Waals surface area contributed by atoms with E-state index in [1.165, 1.54) is 17.8 Å². The Morgan fingerprint density at radius 2 is 1.88 bits per heavy atom. The van der Waals surface area contributed by atoms with Gasteiger partial charge in [0.25, 0.3) is 5.56 Å². The van der Waals surface area contributed by atoms with Gasteiger partial charge >= 0.3 is 5.69 Å². The van der Waals surface area contributed by atoms with E-state index in [-0.39, 0.29) is 0 Å². The normalized spacial score (nSPS) is 10.8. The number of nitrogens with one attached hydrogen (secondary N) is 1. The number of aromatic amines is 1. The van der Waals surface area contributed by atoms with Crippen molar-refractivity contribution in [2.75, 3.05) is 5.73 Å². The Morgan fingerprint density at radius 3 is 2.64 bits per heavy atom. The van der Waals surface area contributed by atoms with Crippen molar-refractivity contribution < 1.29 is 0 Å². The molecular formula is C19H19N3O2S. The molecule has 0 aliphatic heterocycles. The largest absolute Gasteiger partial charge is 0.399 e. The van der Waals surface area contributed by atoms with E-state index in [0.29, 0.717) is 17.3 Å². The topological polar surface area (TPSA) is 80.9 Å². The molecule has 1 heterocycles. The van der Waals surface area contributed by atoms with Crippen molar-refractivity contribution in [3.8, 4) is 0 Å². The summed E-state index contributed by atoms with van der Waals surface area (Å²) in [4.78, 5) is 27.4. The van der Waals surface area contributed by atoms with Crippen LogP contribution in [-0.2, 0) is 6.54 Å². The minimum atomic E-state index is -0.417. The molecule has 0 saturated heterocycles. The van der Waals surface area contributed by atoms with Gasteiger partial charge in [-0.1, -0.05) is 41.6 Å². The minimum absolute atomic E-state index is 0.397. The summed E-state index contributed by atoms with van der Waals surface area (Å²) in [7, 11) is 0. The molecule has 0 bridgehead atoms. The number of rotatable bonds is 4. The van der Waals surface area contributed by atoms with Crippen molar-refractivity contribution in [2.45, 2.75) is 30.3 Å². The number of nitrogens with zero attached hydrogens (tertiary/aromatic N) is 1. The highest BCUT2D eigenvalue weighted by Gasteiger charge is 2.10. The first kappa shape index (κ1) is 17.1. The van der Waals surface area contributed by atoms with Crippen LogP contribution in [-0.4, -0.2) is 9.55 Å². The Bertz CT molecular complexity index is 1040. The summed E-state index contributed by atoms with van der Waals surface area (Å²) in [6.45, 7) is 4.42. The zero-order chi connectivity index (χ0) is 18.0. The lowest BCUT2D eigenvalue weighted by molar-refractivity contribution is 0.649. The maximum absolute atomic E-state index is 12.4. The van der Waals surface area contributed by atoms with Crippen molar-refractivity contribution in [3.05, 3.63) is 86.1 Å².